The molecule has 1 N–H and O–H groups in total. The van der Waals surface area contributed by atoms with Crippen molar-refractivity contribution in [3.05, 3.63) is 93.4 Å². The summed E-state index contributed by atoms with van der Waals surface area (Å²) in [6.07, 6.45) is 3.66. The van der Waals surface area contributed by atoms with Crippen LogP contribution in [-0.4, -0.2) is 19.9 Å². The number of aromatic nitrogens is 4. The van der Waals surface area contributed by atoms with Crippen LogP contribution in [0.2, 0.25) is 5.02 Å². The molecule has 3 aromatic heterocycles. The van der Waals surface area contributed by atoms with Crippen LogP contribution < -0.4 is 5.56 Å². The van der Waals surface area contributed by atoms with Crippen LogP contribution in [0.25, 0.3) is 50.7 Å². The van der Waals surface area contributed by atoms with Crippen molar-refractivity contribution in [1.29, 1.82) is 0 Å². The largest absolute Gasteiger partial charge is 0.305 e. The van der Waals surface area contributed by atoms with Crippen LogP contribution in [0.4, 0.5) is 0 Å². The average Bonchev–Trinajstić information content (AvgIpc) is 2.78. The normalized spacial score (nSPS) is 11.1. The highest BCUT2D eigenvalue weighted by molar-refractivity contribution is 6.35. The lowest BCUT2D eigenvalue weighted by Gasteiger charge is -2.13. The van der Waals surface area contributed by atoms with E-state index in [1.165, 1.54) is 0 Å². The van der Waals surface area contributed by atoms with Gasteiger partial charge in [-0.3, -0.25) is 9.78 Å². The maximum atomic E-state index is 12.3. The summed E-state index contributed by atoms with van der Waals surface area (Å²) >= 11 is 6.58. The predicted octanol–water partition coefficient (Wildman–Crippen LogP) is 6.28. The minimum absolute atomic E-state index is 0.217. The second-order valence-electron chi connectivity index (χ2n) is 7.83. The minimum Gasteiger partial charge on any atom is -0.305 e. The van der Waals surface area contributed by atoms with Gasteiger partial charge in [0.1, 0.15) is 5.52 Å². The number of nitrogens with zero attached hydrogens (tertiary/aromatic N) is 3. The highest BCUT2D eigenvalue weighted by Gasteiger charge is 2.17. The van der Waals surface area contributed by atoms with Gasteiger partial charge in [0.25, 0.3) is 0 Å². The van der Waals surface area contributed by atoms with E-state index in [2.05, 4.69) is 9.97 Å². The zero-order chi connectivity index (χ0) is 22.2. The Balaban J connectivity index is 1.89. The van der Waals surface area contributed by atoms with E-state index in [1.807, 2.05) is 74.5 Å². The Hall–Kier alpha value is -3.83. The van der Waals surface area contributed by atoms with Crippen LogP contribution in [-0.2, 0) is 0 Å². The van der Waals surface area contributed by atoms with Crippen molar-refractivity contribution in [3.8, 4) is 22.5 Å². The molecule has 0 amide bonds. The van der Waals surface area contributed by atoms with Gasteiger partial charge in [-0.15, -0.1) is 0 Å². The van der Waals surface area contributed by atoms with Crippen molar-refractivity contribution in [1.82, 2.24) is 19.9 Å². The first-order chi connectivity index (χ1) is 15.5. The van der Waals surface area contributed by atoms with E-state index in [9.17, 15) is 4.79 Å². The van der Waals surface area contributed by atoms with Crippen LogP contribution in [0, 0.1) is 0 Å². The first-order valence-corrected chi connectivity index (χ1v) is 10.6. The molecule has 0 aliphatic rings. The number of benzene rings is 2. The lowest BCUT2D eigenvalue weighted by Crippen LogP contribution is -2.08. The Labute approximate surface area is 189 Å². The van der Waals surface area contributed by atoms with Crippen molar-refractivity contribution >= 4 is 39.7 Å². The molecule has 2 aromatic carbocycles. The lowest BCUT2D eigenvalue weighted by atomic mass is 10.0. The molecule has 0 bridgehead atoms. The molecule has 0 radical (unpaired) electrons. The molecule has 0 atom stereocenters. The van der Waals surface area contributed by atoms with Crippen LogP contribution in [0.5, 0.6) is 0 Å². The first kappa shape index (κ1) is 20.1. The van der Waals surface area contributed by atoms with Gasteiger partial charge in [-0.1, -0.05) is 59.6 Å². The molecule has 0 saturated carbocycles. The smallest absolute Gasteiger partial charge is 0.250 e. The number of fused-ring (bicyclic) bond motifs is 2. The molecule has 5 aromatic rings. The Kier molecular flexibility index (Phi) is 5.04. The lowest BCUT2D eigenvalue weighted by molar-refractivity contribution is 1.19. The Bertz CT molecular complexity index is 1570. The summed E-state index contributed by atoms with van der Waals surface area (Å²) in [5, 5.41) is 1.46. The molecule has 5 rings (SSSR count). The number of pyridine rings is 2. The molecule has 0 saturated heterocycles. The summed E-state index contributed by atoms with van der Waals surface area (Å²) in [5.41, 5.74) is 6.47. The summed E-state index contributed by atoms with van der Waals surface area (Å²) in [4.78, 5) is 29.4. The molecule has 3 heterocycles. The van der Waals surface area contributed by atoms with E-state index >= 15 is 0 Å². The maximum Gasteiger partial charge on any atom is 0.250 e. The van der Waals surface area contributed by atoms with Crippen molar-refractivity contribution < 1.29 is 0 Å². The third-order valence-electron chi connectivity index (χ3n) is 5.12. The van der Waals surface area contributed by atoms with Gasteiger partial charge >= 0.3 is 0 Å². The highest BCUT2D eigenvalue weighted by Crippen LogP contribution is 2.35. The first-order valence-electron chi connectivity index (χ1n) is 10.2. The number of rotatable bonds is 3. The monoisotopic (exact) mass is 438 g/mol. The third-order valence-corrected chi connectivity index (χ3v) is 5.41. The quantitative estimate of drug-likeness (QED) is 0.360. The van der Waals surface area contributed by atoms with Crippen molar-refractivity contribution in [2.24, 2.45) is 0 Å². The van der Waals surface area contributed by atoms with Gasteiger partial charge in [-0.2, -0.15) is 0 Å². The van der Waals surface area contributed by atoms with E-state index in [4.69, 9.17) is 21.6 Å². The van der Waals surface area contributed by atoms with E-state index in [1.54, 1.807) is 12.3 Å². The molecular formula is C26H19ClN4O. The fraction of sp³-hybridized carbons (Fsp3) is 0.0769. The van der Waals surface area contributed by atoms with E-state index in [0.717, 1.165) is 33.2 Å². The summed E-state index contributed by atoms with van der Waals surface area (Å²) < 4.78 is 0. The van der Waals surface area contributed by atoms with Gasteiger partial charge in [-0.25, -0.2) is 9.97 Å². The Morgan fingerprint density at radius 2 is 1.69 bits per heavy atom. The Morgan fingerprint density at radius 1 is 0.906 bits per heavy atom. The number of hydrogen-bond acceptors (Lipinski definition) is 4. The van der Waals surface area contributed by atoms with Gasteiger partial charge in [0.15, 0.2) is 5.65 Å². The van der Waals surface area contributed by atoms with Gasteiger partial charge in [0, 0.05) is 34.3 Å². The molecule has 32 heavy (non-hydrogen) atoms. The van der Waals surface area contributed by atoms with Crippen LogP contribution in [0.15, 0.2) is 77.2 Å². The summed E-state index contributed by atoms with van der Waals surface area (Å²) in [6, 6.07) is 19.1. The van der Waals surface area contributed by atoms with E-state index in [0.29, 0.717) is 27.6 Å². The molecular weight excluding hydrogens is 420 g/mol. The SMILES string of the molecule is CC(C)=Cc1cc(=O)[nH]c2nc(-c3ccccc3)c(-c3cc(Cl)c4ncccc4c3)nc12. The second-order valence-corrected chi connectivity index (χ2v) is 8.24. The van der Waals surface area contributed by atoms with Crippen LogP contribution in [0.3, 0.4) is 0 Å². The number of allylic oxidation sites excluding steroid dienone is 1. The molecule has 0 aliphatic carbocycles. The van der Waals surface area contributed by atoms with Gasteiger partial charge < -0.3 is 4.98 Å². The Morgan fingerprint density at radius 3 is 2.47 bits per heavy atom. The number of H-pyrrole nitrogens is 1. The number of nitrogens with one attached hydrogen (secondary N) is 1. The molecule has 0 unspecified atom stereocenters. The van der Waals surface area contributed by atoms with Gasteiger partial charge in [-0.05, 0) is 32.0 Å². The zero-order valence-electron chi connectivity index (χ0n) is 17.6. The summed E-state index contributed by atoms with van der Waals surface area (Å²) in [6.45, 7) is 3.96. The van der Waals surface area contributed by atoms with E-state index in [-0.39, 0.29) is 5.56 Å². The zero-order valence-corrected chi connectivity index (χ0v) is 18.3. The molecule has 6 heteroatoms. The van der Waals surface area contributed by atoms with Crippen molar-refractivity contribution in [2.45, 2.75) is 13.8 Å². The predicted molar refractivity (Wildman–Crippen MR) is 131 cm³/mol. The third kappa shape index (κ3) is 3.67. The minimum atomic E-state index is -0.217. The standard InChI is InChI=1S/C26H19ClN4O/c1-15(2)11-18-14-21(32)29-26-25(18)30-24(23(31-26)16-7-4-3-5-8-16)19-12-17-9-6-10-28-22(17)20(27)13-19/h3-14H,1-2H3,(H,29,31,32). The second kappa shape index (κ2) is 8.02. The van der Waals surface area contributed by atoms with E-state index < -0.39 is 0 Å². The molecule has 5 nitrogen and oxygen atoms in total. The average molecular weight is 439 g/mol. The highest BCUT2D eigenvalue weighted by atomic mass is 35.5. The van der Waals surface area contributed by atoms with Crippen LogP contribution >= 0.6 is 11.6 Å². The van der Waals surface area contributed by atoms with Crippen molar-refractivity contribution in [3.63, 3.8) is 0 Å². The molecule has 0 spiro atoms. The van der Waals surface area contributed by atoms with Gasteiger partial charge in [0.2, 0.25) is 5.56 Å². The number of hydrogen-bond donors (Lipinski definition) is 1. The fourth-order valence-electron chi connectivity index (χ4n) is 3.79. The number of aromatic amines is 1. The van der Waals surface area contributed by atoms with Crippen molar-refractivity contribution in [2.75, 3.05) is 0 Å². The molecule has 156 valence electrons. The summed E-state index contributed by atoms with van der Waals surface area (Å²) in [5.74, 6) is 0. The fourth-order valence-corrected chi connectivity index (χ4v) is 4.07. The summed E-state index contributed by atoms with van der Waals surface area (Å²) in [7, 11) is 0. The topological polar surface area (TPSA) is 71.5 Å². The van der Waals surface area contributed by atoms with Gasteiger partial charge in [0.05, 0.1) is 21.9 Å². The van der Waals surface area contributed by atoms with Crippen LogP contribution in [0.1, 0.15) is 19.4 Å². The maximum absolute atomic E-state index is 12.3. The number of halogens is 1. The molecule has 0 aliphatic heterocycles. The molecule has 0 fully saturated rings.